The Labute approximate surface area is 97.1 Å². The molecule has 1 rings (SSSR count). The molecule has 1 amide bonds. The molecular weight excluding hydrogens is 208 g/mol. The van der Waals surface area contributed by atoms with Gasteiger partial charge in [0.05, 0.1) is 31.5 Å². The van der Waals surface area contributed by atoms with Crippen LogP contribution >= 0.6 is 0 Å². The summed E-state index contributed by atoms with van der Waals surface area (Å²) in [6.45, 7) is 5.62. The van der Waals surface area contributed by atoms with E-state index in [4.69, 9.17) is 9.47 Å². The van der Waals surface area contributed by atoms with Crippen LogP contribution in [0, 0.1) is 0 Å². The lowest BCUT2D eigenvalue weighted by Crippen LogP contribution is -2.44. The van der Waals surface area contributed by atoms with E-state index >= 15 is 0 Å². The summed E-state index contributed by atoms with van der Waals surface area (Å²) in [6, 6.07) is 0. The van der Waals surface area contributed by atoms with Gasteiger partial charge in [-0.3, -0.25) is 10.1 Å². The third-order valence-corrected chi connectivity index (χ3v) is 3.24. The van der Waals surface area contributed by atoms with Crippen LogP contribution in [0.2, 0.25) is 0 Å². The number of hydrogen-bond donors (Lipinski definition) is 1. The second-order valence-corrected chi connectivity index (χ2v) is 4.36. The van der Waals surface area contributed by atoms with E-state index in [-0.39, 0.29) is 12.0 Å². The normalized spacial score (nSPS) is 27.5. The molecule has 0 aromatic heterocycles. The molecular formula is C11H22N2O3. The first-order valence-corrected chi connectivity index (χ1v) is 5.63. The molecule has 0 saturated carbocycles. The monoisotopic (exact) mass is 230 g/mol. The lowest BCUT2D eigenvalue weighted by molar-refractivity contribution is -0.133. The molecule has 2 unspecified atom stereocenters. The van der Waals surface area contributed by atoms with E-state index < -0.39 is 5.54 Å². The summed E-state index contributed by atoms with van der Waals surface area (Å²) in [7, 11) is 3.27. The van der Waals surface area contributed by atoms with Crippen molar-refractivity contribution in [2.75, 3.05) is 34.0 Å². The largest absolute Gasteiger partial charge is 0.382 e. The summed E-state index contributed by atoms with van der Waals surface area (Å²) in [5.74, 6) is 0.146. The Morgan fingerprint density at radius 1 is 1.56 bits per heavy atom. The van der Waals surface area contributed by atoms with Crippen molar-refractivity contribution in [3.63, 3.8) is 0 Å². The minimum atomic E-state index is -0.411. The SMILES string of the molecule is CCC1(C)NCN(CC(COC)OC)C1=O. The summed E-state index contributed by atoms with van der Waals surface area (Å²) in [6.07, 6.45) is 0.736. The van der Waals surface area contributed by atoms with Gasteiger partial charge in [0.15, 0.2) is 0 Å². The van der Waals surface area contributed by atoms with Crippen LogP contribution in [0.1, 0.15) is 20.3 Å². The molecule has 0 spiro atoms. The van der Waals surface area contributed by atoms with Gasteiger partial charge >= 0.3 is 0 Å². The van der Waals surface area contributed by atoms with Gasteiger partial charge in [-0.2, -0.15) is 0 Å². The summed E-state index contributed by atoms with van der Waals surface area (Å²) in [4.78, 5) is 13.9. The standard InChI is InChI=1S/C11H22N2O3/c1-5-11(2)10(14)13(8-12-11)6-9(16-4)7-15-3/h9,12H,5-8H2,1-4H3. The highest BCUT2D eigenvalue weighted by Crippen LogP contribution is 2.19. The lowest BCUT2D eigenvalue weighted by Gasteiger charge is -2.24. The zero-order valence-corrected chi connectivity index (χ0v) is 10.6. The van der Waals surface area contributed by atoms with Crippen LogP contribution < -0.4 is 5.32 Å². The minimum Gasteiger partial charge on any atom is -0.382 e. The second-order valence-electron chi connectivity index (χ2n) is 4.36. The fraction of sp³-hybridized carbons (Fsp3) is 0.909. The van der Waals surface area contributed by atoms with Crippen molar-refractivity contribution in [1.82, 2.24) is 10.2 Å². The quantitative estimate of drug-likeness (QED) is 0.708. The highest BCUT2D eigenvalue weighted by Gasteiger charge is 2.41. The number of carbonyl (C=O) groups is 1. The van der Waals surface area contributed by atoms with Crippen molar-refractivity contribution < 1.29 is 14.3 Å². The van der Waals surface area contributed by atoms with E-state index in [1.165, 1.54) is 0 Å². The van der Waals surface area contributed by atoms with Crippen LogP contribution in [-0.2, 0) is 14.3 Å². The third-order valence-electron chi connectivity index (χ3n) is 3.24. The van der Waals surface area contributed by atoms with Crippen LogP contribution in [0.4, 0.5) is 0 Å². The van der Waals surface area contributed by atoms with Gasteiger partial charge in [0.25, 0.3) is 0 Å². The molecule has 0 aromatic rings. The zero-order valence-electron chi connectivity index (χ0n) is 10.6. The maximum atomic E-state index is 12.1. The van der Waals surface area contributed by atoms with Gasteiger partial charge in [0, 0.05) is 14.2 Å². The average molecular weight is 230 g/mol. The van der Waals surface area contributed by atoms with Crippen LogP contribution in [-0.4, -0.2) is 56.5 Å². The zero-order chi connectivity index (χ0) is 12.2. The van der Waals surface area contributed by atoms with Gasteiger partial charge in [-0.15, -0.1) is 0 Å². The number of nitrogens with one attached hydrogen (secondary N) is 1. The maximum absolute atomic E-state index is 12.1. The Bertz CT molecular complexity index is 247. The van der Waals surface area contributed by atoms with Gasteiger partial charge < -0.3 is 14.4 Å². The smallest absolute Gasteiger partial charge is 0.243 e. The van der Waals surface area contributed by atoms with Crippen molar-refractivity contribution in [2.45, 2.75) is 31.9 Å². The molecule has 0 aromatic carbocycles. The van der Waals surface area contributed by atoms with E-state index in [1.54, 1.807) is 19.1 Å². The Kier molecular flexibility index (Phi) is 4.70. The van der Waals surface area contributed by atoms with Crippen molar-refractivity contribution in [3.8, 4) is 0 Å². The number of carbonyl (C=O) groups excluding carboxylic acids is 1. The molecule has 94 valence electrons. The first-order chi connectivity index (χ1) is 7.57. The van der Waals surface area contributed by atoms with E-state index in [2.05, 4.69) is 5.32 Å². The minimum absolute atomic E-state index is 0.0602. The molecule has 16 heavy (non-hydrogen) atoms. The maximum Gasteiger partial charge on any atom is 0.243 e. The van der Waals surface area contributed by atoms with E-state index in [0.29, 0.717) is 19.8 Å². The predicted molar refractivity (Wildman–Crippen MR) is 61.1 cm³/mol. The number of amides is 1. The van der Waals surface area contributed by atoms with Crippen LogP contribution in [0.5, 0.6) is 0 Å². The Balaban J connectivity index is 2.54. The Morgan fingerprint density at radius 3 is 2.69 bits per heavy atom. The molecule has 1 aliphatic heterocycles. The highest BCUT2D eigenvalue weighted by molar-refractivity contribution is 5.87. The molecule has 1 fully saturated rings. The second kappa shape index (κ2) is 5.61. The molecule has 1 N–H and O–H groups in total. The molecule has 2 atom stereocenters. The van der Waals surface area contributed by atoms with Crippen LogP contribution in [0.3, 0.4) is 0 Å². The molecule has 1 saturated heterocycles. The fourth-order valence-electron chi connectivity index (χ4n) is 1.82. The first-order valence-electron chi connectivity index (χ1n) is 5.63. The van der Waals surface area contributed by atoms with Crippen molar-refractivity contribution in [1.29, 1.82) is 0 Å². The van der Waals surface area contributed by atoms with E-state index in [0.717, 1.165) is 6.42 Å². The van der Waals surface area contributed by atoms with Crippen molar-refractivity contribution >= 4 is 5.91 Å². The molecule has 1 heterocycles. The summed E-state index contributed by atoms with van der Waals surface area (Å²) in [5, 5.41) is 3.23. The fourth-order valence-corrected chi connectivity index (χ4v) is 1.82. The molecule has 1 aliphatic rings. The van der Waals surface area contributed by atoms with Crippen LogP contribution in [0.15, 0.2) is 0 Å². The summed E-state index contributed by atoms with van der Waals surface area (Å²) >= 11 is 0. The number of hydrogen-bond acceptors (Lipinski definition) is 4. The summed E-state index contributed by atoms with van der Waals surface area (Å²) in [5.41, 5.74) is -0.411. The first kappa shape index (κ1) is 13.4. The van der Waals surface area contributed by atoms with E-state index in [9.17, 15) is 4.79 Å². The van der Waals surface area contributed by atoms with Gasteiger partial charge in [-0.1, -0.05) is 6.92 Å². The van der Waals surface area contributed by atoms with Crippen molar-refractivity contribution in [2.24, 2.45) is 0 Å². The molecule has 5 nitrogen and oxygen atoms in total. The highest BCUT2D eigenvalue weighted by atomic mass is 16.5. The van der Waals surface area contributed by atoms with Gasteiger partial charge in [-0.05, 0) is 13.3 Å². The summed E-state index contributed by atoms with van der Waals surface area (Å²) < 4.78 is 10.3. The number of nitrogens with zero attached hydrogens (tertiary/aromatic N) is 1. The Hall–Kier alpha value is -0.650. The molecule has 0 bridgehead atoms. The number of methoxy groups -OCH3 is 2. The number of ether oxygens (including phenoxy) is 2. The van der Waals surface area contributed by atoms with Gasteiger partial charge in [-0.25, -0.2) is 0 Å². The van der Waals surface area contributed by atoms with Gasteiger partial charge in [0.1, 0.15) is 0 Å². The van der Waals surface area contributed by atoms with Gasteiger partial charge in [0.2, 0.25) is 5.91 Å². The third kappa shape index (κ3) is 2.72. The lowest BCUT2D eigenvalue weighted by atomic mass is 9.99. The van der Waals surface area contributed by atoms with E-state index in [1.807, 2.05) is 13.8 Å². The van der Waals surface area contributed by atoms with Crippen LogP contribution in [0.25, 0.3) is 0 Å². The van der Waals surface area contributed by atoms with Crippen molar-refractivity contribution in [3.05, 3.63) is 0 Å². The molecule has 0 radical (unpaired) electrons. The molecule has 0 aliphatic carbocycles. The average Bonchev–Trinajstić information content (AvgIpc) is 2.57. The molecule has 5 heteroatoms. The topological polar surface area (TPSA) is 50.8 Å². The Morgan fingerprint density at radius 2 is 2.25 bits per heavy atom. The predicted octanol–water partition coefficient (Wildman–Crippen LogP) is 0.206. The number of rotatable bonds is 6.